The zero-order valence-electron chi connectivity index (χ0n) is 14.1. The third kappa shape index (κ3) is 5.46. The Bertz CT molecular complexity index is 752. The number of rotatable bonds is 7. The van der Waals surface area contributed by atoms with E-state index in [1.807, 2.05) is 6.92 Å². The molecule has 0 bridgehead atoms. The Morgan fingerprint density at radius 2 is 2.04 bits per heavy atom. The zero-order chi connectivity index (χ0) is 18.2. The van der Waals surface area contributed by atoms with Crippen LogP contribution in [-0.4, -0.2) is 29.4 Å². The van der Waals surface area contributed by atoms with Crippen molar-refractivity contribution in [3.05, 3.63) is 58.7 Å². The van der Waals surface area contributed by atoms with Gasteiger partial charge >= 0.3 is 0 Å². The number of hydrogen-bond donors (Lipinski definition) is 2. The fourth-order valence-electron chi connectivity index (χ4n) is 2.11. The summed E-state index contributed by atoms with van der Waals surface area (Å²) in [7, 11) is 0. The molecule has 0 aliphatic carbocycles. The van der Waals surface area contributed by atoms with E-state index in [1.54, 1.807) is 49.5 Å². The van der Waals surface area contributed by atoms with E-state index in [1.165, 1.54) is 0 Å². The van der Waals surface area contributed by atoms with Crippen LogP contribution in [0.2, 0.25) is 5.02 Å². The van der Waals surface area contributed by atoms with Crippen LogP contribution in [0, 0.1) is 0 Å². The second-order valence-electron chi connectivity index (χ2n) is 5.33. The first-order chi connectivity index (χ1) is 12.0. The Balaban J connectivity index is 1.89. The van der Waals surface area contributed by atoms with Crippen molar-refractivity contribution in [2.45, 2.75) is 26.4 Å². The first kappa shape index (κ1) is 18.7. The Morgan fingerprint density at radius 3 is 2.76 bits per heavy atom. The van der Waals surface area contributed by atoms with E-state index in [-0.39, 0.29) is 5.91 Å². The molecule has 0 aliphatic heterocycles. The summed E-state index contributed by atoms with van der Waals surface area (Å²) in [5, 5.41) is 5.74. The number of amides is 2. The first-order valence-corrected chi connectivity index (χ1v) is 8.30. The van der Waals surface area contributed by atoms with Crippen molar-refractivity contribution >= 4 is 23.4 Å². The Kier molecular flexibility index (Phi) is 6.77. The van der Waals surface area contributed by atoms with Crippen molar-refractivity contribution in [3.8, 4) is 5.88 Å². The van der Waals surface area contributed by atoms with Crippen LogP contribution < -0.4 is 15.4 Å². The van der Waals surface area contributed by atoms with E-state index < -0.39 is 11.9 Å². The lowest BCUT2D eigenvalue weighted by atomic mass is 10.2. The number of hydrogen-bond acceptors (Lipinski definition) is 4. The van der Waals surface area contributed by atoms with Gasteiger partial charge in [0, 0.05) is 18.8 Å². The standard InChI is InChI=1S/C18H20ClN3O3/c1-3-25-16-10-13(8-9-20-16)11-21-17(23)12(2)22-18(24)14-6-4-5-7-15(14)19/h4-10,12H,3,11H2,1-2H3,(H,21,23)(H,22,24). The van der Waals surface area contributed by atoms with Gasteiger partial charge in [-0.15, -0.1) is 0 Å². The molecule has 0 aliphatic rings. The molecule has 1 unspecified atom stereocenters. The molecular weight excluding hydrogens is 342 g/mol. The second-order valence-corrected chi connectivity index (χ2v) is 5.74. The molecule has 25 heavy (non-hydrogen) atoms. The van der Waals surface area contributed by atoms with Gasteiger partial charge in [0.25, 0.3) is 5.91 Å². The lowest BCUT2D eigenvalue weighted by Gasteiger charge is -2.15. The molecule has 2 amide bonds. The maximum Gasteiger partial charge on any atom is 0.253 e. The minimum atomic E-state index is -0.697. The average molecular weight is 362 g/mol. The van der Waals surface area contributed by atoms with Gasteiger partial charge in [-0.2, -0.15) is 0 Å². The monoisotopic (exact) mass is 361 g/mol. The van der Waals surface area contributed by atoms with Crippen molar-refractivity contribution in [2.24, 2.45) is 0 Å². The van der Waals surface area contributed by atoms with Crippen molar-refractivity contribution in [2.75, 3.05) is 6.61 Å². The number of nitrogens with one attached hydrogen (secondary N) is 2. The minimum Gasteiger partial charge on any atom is -0.478 e. The maximum atomic E-state index is 12.2. The highest BCUT2D eigenvalue weighted by Gasteiger charge is 2.17. The molecular formula is C18H20ClN3O3. The summed E-state index contributed by atoms with van der Waals surface area (Å²) < 4.78 is 5.32. The lowest BCUT2D eigenvalue weighted by Crippen LogP contribution is -2.44. The zero-order valence-corrected chi connectivity index (χ0v) is 14.8. The molecule has 2 N–H and O–H groups in total. The van der Waals surface area contributed by atoms with E-state index >= 15 is 0 Å². The van der Waals surface area contributed by atoms with Crippen LogP contribution in [0.5, 0.6) is 5.88 Å². The van der Waals surface area contributed by atoms with Gasteiger partial charge in [-0.25, -0.2) is 4.98 Å². The number of nitrogens with zero attached hydrogens (tertiary/aromatic N) is 1. The summed E-state index contributed by atoms with van der Waals surface area (Å²) in [4.78, 5) is 28.4. The smallest absolute Gasteiger partial charge is 0.253 e. The van der Waals surface area contributed by atoms with Crippen LogP contribution in [0.15, 0.2) is 42.6 Å². The summed E-state index contributed by atoms with van der Waals surface area (Å²) in [5.41, 5.74) is 1.19. The molecule has 0 saturated heterocycles. The molecule has 6 nitrogen and oxygen atoms in total. The molecule has 1 atom stereocenters. The van der Waals surface area contributed by atoms with Crippen LogP contribution in [-0.2, 0) is 11.3 Å². The largest absolute Gasteiger partial charge is 0.478 e. The summed E-state index contributed by atoms with van der Waals surface area (Å²) in [6.07, 6.45) is 1.62. The van der Waals surface area contributed by atoms with Crippen molar-refractivity contribution in [3.63, 3.8) is 0 Å². The normalized spacial score (nSPS) is 11.5. The Labute approximate surface area is 151 Å². The molecule has 7 heteroatoms. The van der Waals surface area contributed by atoms with Crippen LogP contribution in [0.1, 0.15) is 29.8 Å². The number of carbonyl (C=O) groups excluding carboxylic acids is 2. The second kappa shape index (κ2) is 9.03. The van der Waals surface area contributed by atoms with E-state index in [4.69, 9.17) is 16.3 Å². The van der Waals surface area contributed by atoms with Crippen LogP contribution in [0.3, 0.4) is 0 Å². The van der Waals surface area contributed by atoms with Gasteiger partial charge in [-0.1, -0.05) is 23.7 Å². The summed E-state index contributed by atoms with van der Waals surface area (Å²) in [5.74, 6) is -0.180. The van der Waals surface area contributed by atoms with Gasteiger partial charge in [0.05, 0.1) is 17.2 Å². The predicted octanol–water partition coefficient (Wildman–Crippen LogP) is 2.57. The average Bonchev–Trinajstić information content (AvgIpc) is 2.60. The van der Waals surface area contributed by atoms with E-state index in [9.17, 15) is 9.59 Å². The van der Waals surface area contributed by atoms with Crippen LogP contribution in [0.4, 0.5) is 0 Å². The van der Waals surface area contributed by atoms with Gasteiger partial charge in [0.15, 0.2) is 0 Å². The topological polar surface area (TPSA) is 80.3 Å². The fraction of sp³-hybridized carbons (Fsp3) is 0.278. The van der Waals surface area contributed by atoms with Crippen molar-refractivity contribution in [1.29, 1.82) is 0 Å². The van der Waals surface area contributed by atoms with Crippen LogP contribution in [0.25, 0.3) is 0 Å². The third-order valence-electron chi connectivity index (χ3n) is 3.42. The highest BCUT2D eigenvalue weighted by Crippen LogP contribution is 2.14. The Hall–Kier alpha value is -2.60. The highest BCUT2D eigenvalue weighted by molar-refractivity contribution is 6.33. The SMILES string of the molecule is CCOc1cc(CNC(=O)C(C)NC(=O)c2ccccc2Cl)ccn1. The first-order valence-electron chi connectivity index (χ1n) is 7.92. The third-order valence-corrected chi connectivity index (χ3v) is 3.75. The molecule has 1 aromatic carbocycles. The number of benzene rings is 1. The van der Waals surface area contributed by atoms with Gasteiger partial charge < -0.3 is 15.4 Å². The predicted molar refractivity (Wildman–Crippen MR) is 95.6 cm³/mol. The lowest BCUT2D eigenvalue weighted by molar-refractivity contribution is -0.122. The maximum absolute atomic E-state index is 12.2. The summed E-state index contributed by atoms with van der Waals surface area (Å²) >= 11 is 5.98. The van der Waals surface area contributed by atoms with Gasteiger partial charge in [-0.05, 0) is 37.6 Å². The van der Waals surface area contributed by atoms with Crippen LogP contribution >= 0.6 is 11.6 Å². The minimum absolute atomic E-state index is 0.296. The molecule has 2 aromatic rings. The number of halogens is 1. The number of pyridine rings is 1. The summed E-state index contributed by atoms with van der Waals surface area (Å²) in [6, 6.07) is 9.53. The van der Waals surface area contributed by atoms with Gasteiger partial charge in [0.2, 0.25) is 11.8 Å². The highest BCUT2D eigenvalue weighted by atomic mass is 35.5. The molecule has 1 heterocycles. The van der Waals surface area contributed by atoms with Crippen molar-refractivity contribution < 1.29 is 14.3 Å². The number of carbonyl (C=O) groups is 2. The molecule has 2 rings (SSSR count). The number of aromatic nitrogens is 1. The molecule has 0 fully saturated rings. The molecule has 132 valence electrons. The van der Waals surface area contributed by atoms with Gasteiger partial charge in [-0.3, -0.25) is 9.59 Å². The van der Waals surface area contributed by atoms with E-state index in [2.05, 4.69) is 15.6 Å². The molecule has 1 aromatic heterocycles. The Morgan fingerprint density at radius 1 is 1.28 bits per heavy atom. The van der Waals surface area contributed by atoms with E-state index in [0.717, 1.165) is 5.56 Å². The quantitative estimate of drug-likeness (QED) is 0.794. The molecule has 0 radical (unpaired) electrons. The van der Waals surface area contributed by atoms with E-state index in [0.29, 0.717) is 29.6 Å². The number of ether oxygens (including phenoxy) is 1. The summed E-state index contributed by atoms with van der Waals surface area (Å²) in [6.45, 7) is 4.32. The fourth-order valence-corrected chi connectivity index (χ4v) is 2.34. The van der Waals surface area contributed by atoms with Gasteiger partial charge in [0.1, 0.15) is 6.04 Å². The molecule has 0 saturated carbocycles. The van der Waals surface area contributed by atoms with Crippen molar-refractivity contribution in [1.82, 2.24) is 15.6 Å². The molecule has 0 spiro atoms.